The van der Waals surface area contributed by atoms with E-state index in [9.17, 15) is 4.79 Å². The number of aromatic nitrogens is 6. The van der Waals surface area contributed by atoms with E-state index in [2.05, 4.69) is 43.6 Å². The average Bonchev–Trinajstić information content (AvgIpc) is 3.53. The van der Waals surface area contributed by atoms with Crippen molar-refractivity contribution in [2.24, 2.45) is 5.41 Å². The molecule has 2 aromatic heterocycles. The summed E-state index contributed by atoms with van der Waals surface area (Å²) in [6.07, 6.45) is 8.05. The van der Waals surface area contributed by atoms with Gasteiger partial charge in [-0.05, 0) is 74.3 Å². The zero-order valence-corrected chi connectivity index (χ0v) is 18.7. The van der Waals surface area contributed by atoms with Gasteiger partial charge in [-0.1, -0.05) is 6.08 Å². The number of rotatable bonds is 5. The molecule has 0 saturated carbocycles. The Morgan fingerprint density at radius 3 is 2.66 bits per heavy atom. The Labute approximate surface area is 186 Å². The lowest BCUT2D eigenvalue weighted by atomic mass is 9.78. The van der Waals surface area contributed by atoms with E-state index in [0.29, 0.717) is 25.1 Å². The largest absolute Gasteiger partial charge is 0.371 e. The number of hydrogen-bond donors (Lipinski definition) is 0. The lowest BCUT2D eigenvalue weighted by Gasteiger charge is -2.40. The highest BCUT2D eigenvalue weighted by Gasteiger charge is 2.46. The van der Waals surface area contributed by atoms with Gasteiger partial charge in [-0.2, -0.15) is 9.78 Å². The first kappa shape index (κ1) is 20.9. The van der Waals surface area contributed by atoms with Gasteiger partial charge in [0.15, 0.2) is 5.82 Å². The van der Waals surface area contributed by atoms with Gasteiger partial charge < -0.3 is 9.64 Å². The van der Waals surface area contributed by atoms with Crippen molar-refractivity contribution < 1.29 is 9.53 Å². The molecule has 2 aromatic rings. The monoisotopic (exact) mass is 436 g/mol. The molecule has 0 aromatic carbocycles. The number of ether oxygens (including phenoxy) is 1. The molecule has 10 heteroatoms. The summed E-state index contributed by atoms with van der Waals surface area (Å²) in [6.45, 7) is 9.20. The van der Waals surface area contributed by atoms with Crippen LogP contribution in [0.15, 0.2) is 35.9 Å². The lowest BCUT2D eigenvalue weighted by molar-refractivity contribution is -0.135. The van der Waals surface area contributed by atoms with Gasteiger partial charge in [0.25, 0.3) is 0 Å². The van der Waals surface area contributed by atoms with Gasteiger partial charge in [-0.25, -0.2) is 0 Å². The van der Waals surface area contributed by atoms with Crippen LogP contribution in [-0.2, 0) is 16.0 Å². The van der Waals surface area contributed by atoms with E-state index in [-0.39, 0.29) is 11.3 Å². The van der Waals surface area contributed by atoms with Gasteiger partial charge in [0.05, 0.1) is 30.0 Å². The first-order valence-corrected chi connectivity index (χ1v) is 11.1. The number of hydrogen-bond acceptors (Lipinski definition) is 8. The second-order valence-corrected chi connectivity index (χ2v) is 9.04. The Morgan fingerprint density at radius 2 is 2.00 bits per heavy atom. The zero-order chi connectivity index (χ0) is 22.3. The summed E-state index contributed by atoms with van der Waals surface area (Å²) in [5, 5.41) is 19.9. The molecule has 10 nitrogen and oxygen atoms in total. The molecule has 1 saturated heterocycles. The smallest absolute Gasteiger partial charge is 0.241 e. The summed E-state index contributed by atoms with van der Waals surface area (Å²) in [4.78, 5) is 17.6. The number of likely N-dealkylation sites (tertiary alicyclic amines) is 1. The number of carbonyl (C=O) groups excluding carboxylic acids is 1. The van der Waals surface area contributed by atoms with E-state index in [4.69, 9.17) is 4.74 Å². The minimum absolute atomic E-state index is 0.199. The molecule has 168 valence electrons. The maximum atomic E-state index is 13.3. The van der Waals surface area contributed by atoms with Gasteiger partial charge in [0.2, 0.25) is 5.91 Å². The van der Waals surface area contributed by atoms with Gasteiger partial charge in [0, 0.05) is 18.7 Å². The number of tetrazole rings is 1. The third-order valence-corrected chi connectivity index (χ3v) is 6.99. The van der Waals surface area contributed by atoms with E-state index in [1.807, 2.05) is 31.0 Å². The van der Waals surface area contributed by atoms with E-state index in [0.717, 1.165) is 54.9 Å². The molecule has 32 heavy (non-hydrogen) atoms. The molecule has 5 rings (SSSR count). The molecule has 3 aliphatic rings. The van der Waals surface area contributed by atoms with Crippen LogP contribution < -0.4 is 0 Å². The van der Waals surface area contributed by atoms with E-state index in [1.165, 1.54) is 11.0 Å². The van der Waals surface area contributed by atoms with Gasteiger partial charge in [0.1, 0.15) is 6.33 Å². The van der Waals surface area contributed by atoms with Crippen LogP contribution in [0, 0.1) is 12.3 Å². The number of amides is 1. The van der Waals surface area contributed by atoms with Crippen molar-refractivity contribution in [1.29, 1.82) is 0 Å². The maximum absolute atomic E-state index is 13.3. The van der Waals surface area contributed by atoms with Crippen molar-refractivity contribution in [3.05, 3.63) is 47.2 Å². The number of aryl methyl sites for hydroxylation is 1. The van der Waals surface area contributed by atoms with Crippen molar-refractivity contribution in [2.75, 3.05) is 26.3 Å². The fraction of sp³-hybridized carbons (Fsp3) is 0.545. The van der Waals surface area contributed by atoms with Gasteiger partial charge in [-0.3, -0.25) is 9.69 Å². The molecular formula is C22H28N8O2. The fourth-order valence-electron chi connectivity index (χ4n) is 4.82. The quantitative estimate of drug-likeness (QED) is 0.694. The van der Waals surface area contributed by atoms with Crippen LogP contribution in [0.25, 0.3) is 5.82 Å². The number of piperidine rings is 1. The van der Waals surface area contributed by atoms with Crippen molar-refractivity contribution in [3.63, 3.8) is 0 Å². The Bertz CT molecular complexity index is 1070. The third-order valence-electron chi connectivity index (χ3n) is 6.99. The van der Waals surface area contributed by atoms with Crippen LogP contribution >= 0.6 is 0 Å². The number of carbonyl (C=O) groups is 1. The molecule has 1 amide bonds. The molecular weight excluding hydrogens is 408 g/mol. The highest BCUT2D eigenvalue weighted by Crippen LogP contribution is 2.41. The predicted octanol–water partition coefficient (Wildman–Crippen LogP) is 1.43. The van der Waals surface area contributed by atoms with E-state index >= 15 is 0 Å². The Morgan fingerprint density at radius 1 is 1.19 bits per heavy atom. The minimum Gasteiger partial charge on any atom is -0.371 e. The molecule has 5 heterocycles. The molecule has 1 fully saturated rings. The van der Waals surface area contributed by atoms with E-state index < -0.39 is 0 Å². The van der Waals surface area contributed by atoms with Gasteiger partial charge >= 0.3 is 0 Å². The molecule has 0 aliphatic carbocycles. The summed E-state index contributed by atoms with van der Waals surface area (Å²) in [7, 11) is 0. The first-order chi connectivity index (χ1) is 15.5. The Balaban J connectivity index is 1.21. The Hall–Kier alpha value is -2.98. The van der Waals surface area contributed by atoms with Crippen molar-refractivity contribution in [3.8, 4) is 5.82 Å². The number of nitrogens with zero attached hydrogens (tertiary/aromatic N) is 8. The summed E-state index contributed by atoms with van der Waals surface area (Å²) < 4.78 is 7.02. The summed E-state index contributed by atoms with van der Waals surface area (Å²) >= 11 is 0. The highest BCUT2D eigenvalue weighted by molar-refractivity contribution is 5.90. The van der Waals surface area contributed by atoms with Crippen molar-refractivity contribution in [1.82, 2.24) is 40.2 Å². The predicted molar refractivity (Wildman–Crippen MR) is 115 cm³/mol. The second kappa shape index (κ2) is 8.18. The van der Waals surface area contributed by atoms with Crippen LogP contribution in [0.4, 0.5) is 0 Å². The van der Waals surface area contributed by atoms with Crippen LogP contribution in [0.2, 0.25) is 0 Å². The third kappa shape index (κ3) is 3.63. The second-order valence-electron chi connectivity index (χ2n) is 9.04. The topological polar surface area (TPSA) is 102 Å². The summed E-state index contributed by atoms with van der Waals surface area (Å²) in [5.74, 6) is 0.808. The SMILES string of the molecule is CC1=C(N2C=CC3(CCN([C@@H](C)Cc4nnc(-n5cnnn5)cc4C)CC3)C2=O)COC1. The molecule has 0 N–H and O–H groups in total. The maximum Gasteiger partial charge on any atom is 0.241 e. The minimum atomic E-state index is -0.380. The molecule has 0 radical (unpaired) electrons. The van der Waals surface area contributed by atoms with E-state index in [1.54, 1.807) is 0 Å². The summed E-state index contributed by atoms with van der Waals surface area (Å²) in [5.41, 5.74) is 3.82. The fourth-order valence-corrected chi connectivity index (χ4v) is 4.82. The highest BCUT2D eigenvalue weighted by atomic mass is 16.5. The summed E-state index contributed by atoms with van der Waals surface area (Å²) in [6, 6.07) is 2.26. The van der Waals surface area contributed by atoms with Crippen LogP contribution in [0.5, 0.6) is 0 Å². The molecule has 0 bridgehead atoms. The van der Waals surface area contributed by atoms with Crippen molar-refractivity contribution >= 4 is 5.91 Å². The standard InChI is InChI=1S/C22H28N8O2/c1-15-10-20(30-14-23-26-27-30)25-24-18(15)11-17(3)28-7-4-22(5-8-28)6-9-29(21(22)31)19-13-32-12-16(19)2/h6,9-10,14,17H,4-5,7-8,11-13H2,1-3H3/t17-/m0/s1. The van der Waals surface area contributed by atoms with Crippen molar-refractivity contribution in [2.45, 2.75) is 46.1 Å². The van der Waals surface area contributed by atoms with Gasteiger partial charge in [-0.15, -0.1) is 10.2 Å². The first-order valence-electron chi connectivity index (χ1n) is 11.1. The lowest BCUT2D eigenvalue weighted by Crippen LogP contribution is -2.48. The normalized spacial score (nSPS) is 21.8. The molecule has 0 unspecified atom stereocenters. The van der Waals surface area contributed by atoms with Crippen LogP contribution in [0.1, 0.15) is 37.9 Å². The zero-order valence-electron chi connectivity index (χ0n) is 18.7. The van der Waals surface area contributed by atoms with Crippen LogP contribution in [0.3, 0.4) is 0 Å². The molecule has 1 atom stereocenters. The molecule has 1 spiro atoms. The van der Waals surface area contributed by atoms with Crippen LogP contribution in [-0.4, -0.2) is 78.5 Å². The molecule has 3 aliphatic heterocycles. The average molecular weight is 437 g/mol. The Kier molecular flexibility index (Phi) is 5.34.